The highest BCUT2D eigenvalue weighted by atomic mass is 19.4. The lowest BCUT2D eigenvalue weighted by atomic mass is 9.92. The number of aliphatic carboxylic acids is 1. The van der Waals surface area contributed by atoms with E-state index < -0.39 is 12.1 Å². The van der Waals surface area contributed by atoms with Crippen LogP contribution in [0.25, 0.3) is 11.1 Å². The van der Waals surface area contributed by atoms with Crippen molar-refractivity contribution in [3.05, 3.63) is 54.1 Å². The molecule has 1 aliphatic heterocycles. The summed E-state index contributed by atoms with van der Waals surface area (Å²) >= 11 is 0. The first-order chi connectivity index (χ1) is 11.8. The van der Waals surface area contributed by atoms with Crippen molar-refractivity contribution in [1.82, 2.24) is 5.32 Å². The minimum absolute atomic E-state index is 0.564. The highest BCUT2D eigenvalue weighted by molar-refractivity contribution is 5.79. The van der Waals surface area contributed by atoms with Crippen molar-refractivity contribution >= 4 is 11.7 Å². The zero-order chi connectivity index (χ0) is 18.4. The molecule has 0 saturated carbocycles. The third-order valence-corrected chi connectivity index (χ3v) is 3.97. The Morgan fingerprint density at radius 3 is 2.28 bits per heavy atom. The van der Waals surface area contributed by atoms with E-state index in [2.05, 4.69) is 47.8 Å². The Balaban J connectivity index is 0.000000277. The summed E-state index contributed by atoms with van der Waals surface area (Å²) in [6.45, 7) is 2.14. The number of alkyl halides is 3. The van der Waals surface area contributed by atoms with Crippen molar-refractivity contribution in [2.45, 2.75) is 18.5 Å². The molecule has 3 rings (SSSR count). The second kappa shape index (κ2) is 8.02. The molecule has 0 aliphatic carbocycles. The summed E-state index contributed by atoms with van der Waals surface area (Å²) in [5, 5.41) is 10.5. The van der Waals surface area contributed by atoms with Gasteiger partial charge in [0.05, 0.1) is 0 Å². The van der Waals surface area contributed by atoms with E-state index in [4.69, 9.17) is 15.6 Å². The Kier molecular flexibility index (Phi) is 6.03. The lowest BCUT2D eigenvalue weighted by Crippen LogP contribution is -2.21. The molecular weight excluding hydrogens is 333 g/mol. The summed E-state index contributed by atoms with van der Waals surface area (Å²) in [4.78, 5) is 8.90. The first-order valence-electron chi connectivity index (χ1n) is 7.75. The third kappa shape index (κ3) is 4.96. The molecule has 4 nitrogen and oxygen atoms in total. The van der Waals surface area contributed by atoms with Crippen LogP contribution >= 0.6 is 0 Å². The van der Waals surface area contributed by atoms with Gasteiger partial charge in [-0.1, -0.05) is 48.5 Å². The maximum Gasteiger partial charge on any atom is 0.490 e. The molecule has 4 N–H and O–H groups in total. The maximum absolute atomic E-state index is 10.6. The molecule has 1 heterocycles. The molecule has 1 fully saturated rings. The van der Waals surface area contributed by atoms with Crippen LogP contribution in [0.5, 0.6) is 0 Å². The summed E-state index contributed by atoms with van der Waals surface area (Å²) < 4.78 is 31.7. The lowest BCUT2D eigenvalue weighted by Gasteiger charge is -2.15. The van der Waals surface area contributed by atoms with Gasteiger partial charge in [0.25, 0.3) is 0 Å². The number of benzene rings is 2. The number of rotatable bonds is 2. The molecule has 2 aromatic rings. The number of nitrogens with one attached hydrogen (secondary N) is 1. The van der Waals surface area contributed by atoms with Crippen LogP contribution in [-0.2, 0) is 4.79 Å². The number of hydrogen-bond donors (Lipinski definition) is 3. The number of nitrogens with two attached hydrogens (primary N) is 1. The number of anilines is 1. The Labute approximate surface area is 143 Å². The molecule has 0 spiro atoms. The molecule has 0 amide bonds. The zero-order valence-corrected chi connectivity index (χ0v) is 13.4. The second-order valence-corrected chi connectivity index (χ2v) is 5.67. The van der Waals surface area contributed by atoms with Gasteiger partial charge in [0.15, 0.2) is 0 Å². The SMILES string of the molecule is Nc1c(-c2ccccc2)cccc1C1CCNC1.O=C(O)C(F)(F)F. The van der Waals surface area contributed by atoms with Crippen molar-refractivity contribution in [3.8, 4) is 11.1 Å². The van der Waals surface area contributed by atoms with E-state index in [1.54, 1.807) is 0 Å². The number of nitrogen functional groups attached to an aromatic ring is 1. The van der Waals surface area contributed by atoms with E-state index in [1.165, 1.54) is 17.5 Å². The number of hydrogen-bond acceptors (Lipinski definition) is 3. The van der Waals surface area contributed by atoms with Gasteiger partial charge in [-0.2, -0.15) is 13.2 Å². The molecule has 1 saturated heterocycles. The first-order valence-corrected chi connectivity index (χ1v) is 7.75. The lowest BCUT2D eigenvalue weighted by molar-refractivity contribution is -0.192. The van der Waals surface area contributed by atoms with Crippen molar-refractivity contribution < 1.29 is 23.1 Å². The smallest absolute Gasteiger partial charge is 0.475 e. The van der Waals surface area contributed by atoms with E-state index in [-0.39, 0.29) is 0 Å². The predicted molar refractivity (Wildman–Crippen MR) is 90.2 cm³/mol. The summed E-state index contributed by atoms with van der Waals surface area (Å²) in [7, 11) is 0. The van der Waals surface area contributed by atoms with Gasteiger partial charge in [-0.3, -0.25) is 0 Å². The van der Waals surface area contributed by atoms with Gasteiger partial charge in [0, 0.05) is 17.8 Å². The van der Waals surface area contributed by atoms with Gasteiger partial charge in [0.2, 0.25) is 0 Å². The van der Waals surface area contributed by atoms with E-state index in [0.29, 0.717) is 5.92 Å². The fourth-order valence-electron chi connectivity index (χ4n) is 2.73. The van der Waals surface area contributed by atoms with Crippen LogP contribution in [0.1, 0.15) is 17.9 Å². The largest absolute Gasteiger partial charge is 0.490 e. The van der Waals surface area contributed by atoms with Crippen molar-refractivity contribution in [2.75, 3.05) is 18.8 Å². The molecule has 0 radical (unpaired) electrons. The topological polar surface area (TPSA) is 75.3 Å². The van der Waals surface area contributed by atoms with Gasteiger partial charge in [-0.25, -0.2) is 4.79 Å². The molecule has 1 aliphatic rings. The molecule has 7 heteroatoms. The van der Waals surface area contributed by atoms with E-state index >= 15 is 0 Å². The molecule has 25 heavy (non-hydrogen) atoms. The molecule has 1 atom stereocenters. The fraction of sp³-hybridized carbons (Fsp3) is 0.278. The Morgan fingerprint density at radius 1 is 1.12 bits per heavy atom. The molecule has 0 aromatic heterocycles. The quantitative estimate of drug-likeness (QED) is 0.721. The average molecular weight is 352 g/mol. The highest BCUT2D eigenvalue weighted by Gasteiger charge is 2.38. The minimum Gasteiger partial charge on any atom is -0.475 e. The van der Waals surface area contributed by atoms with Crippen LogP contribution in [0.15, 0.2) is 48.5 Å². The zero-order valence-electron chi connectivity index (χ0n) is 13.4. The Hall–Kier alpha value is -2.54. The minimum atomic E-state index is -5.08. The normalized spacial score (nSPS) is 16.8. The fourth-order valence-corrected chi connectivity index (χ4v) is 2.73. The molecular formula is C18H19F3N2O2. The third-order valence-electron chi connectivity index (χ3n) is 3.97. The van der Waals surface area contributed by atoms with Crippen LogP contribution in [0.2, 0.25) is 0 Å². The standard InChI is InChI=1S/C16H18N2.C2HF3O2/c17-16-14(12-5-2-1-3-6-12)7-4-8-15(16)13-9-10-18-11-13;3-2(4,5)1(6)7/h1-8,13,18H,9-11,17H2;(H,6,7). The van der Waals surface area contributed by atoms with E-state index in [1.807, 2.05) is 6.07 Å². The van der Waals surface area contributed by atoms with Gasteiger partial charge in [-0.05, 0) is 30.0 Å². The molecule has 134 valence electrons. The first kappa shape index (κ1) is 18.8. The molecule has 2 aromatic carbocycles. The number of carboxylic acid groups (broad SMARTS) is 1. The van der Waals surface area contributed by atoms with Crippen LogP contribution in [0.4, 0.5) is 18.9 Å². The molecule has 1 unspecified atom stereocenters. The van der Waals surface area contributed by atoms with Gasteiger partial charge < -0.3 is 16.2 Å². The van der Waals surface area contributed by atoms with Crippen molar-refractivity contribution in [2.24, 2.45) is 0 Å². The van der Waals surface area contributed by atoms with Gasteiger partial charge in [0.1, 0.15) is 0 Å². The van der Waals surface area contributed by atoms with Crippen molar-refractivity contribution in [1.29, 1.82) is 0 Å². The number of halogens is 3. The van der Waals surface area contributed by atoms with Crippen LogP contribution < -0.4 is 11.1 Å². The second-order valence-electron chi connectivity index (χ2n) is 5.67. The van der Waals surface area contributed by atoms with Crippen LogP contribution in [0.3, 0.4) is 0 Å². The summed E-state index contributed by atoms with van der Waals surface area (Å²) in [5.41, 5.74) is 11.0. The van der Waals surface area contributed by atoms with Crippen molar-refractivity contribution in [3.63, 3.8) is 0 Å². The predicted octanol–water partition coefficient (Wildman–Crippen LogP) is 3.65. The maximum atomic E-state index is 10.6. The van der Waals surface area contributed by atoms with E-state index in [0.717, 1.165) is 24.3 Å². The average Bonchev–Trinajstić information content (AvgIpc) is 3.10. The summed E-state index contributed by atoms with van der Waals surface area (Å²) in [6.07, 6.45) is -3.90. The monoisotopic (exact) mass is 352 g/mol. The number of para-hydroxylation sites is 1. The Bertz CT molecular complexity index is 712. The number of carbonyl (C=O) groups is 1. The van der Waals surface area contributed by atoms with Crippen LogP contribution in [-0.4, -0.2) is 30.3 Å². The van der Waals surface area contributed by atoms with Gasteiger partial charge >= 0.3 is 12.1 Å². The Morgan fingerprint density at radius 2 is 1.76 bits per heavy atom. The summed E-state index contributed by atoms with van der Waals surface area (Å²) in [6, 6.07) is 16.8. The molecule has 0 bridgehead atoms. The summed E-state index contributed by atoms with van der Waals surface area (Å²) in [5.74, 6) is -2.19. The highest BCUT2D eigenvalue weighted by Crippen LogP contribution is 2.34. The number of carboxylic acids is 1. The van der Waals surface area contributed by atoms with Gasteiger partial charge in [-0.15, -0.1) is 0 Å². The van der Waals surface area contributed by atoms with Crippen LogP contribution in [0, 0.1) is 0 Å². The van der Waals surface area contributed by atoms with E-state index in [9.17, 15) is 13.2 Å².